The maximum absolute atomic E-state index is 12.0. The Morgan fingerprint density at radius 1 is 1.25 bits per heavy atom. The van der Waals surface area contributed by atoms with Gasteiger partial charge in [0.1, 0.15) is 0 Å². The van der Waals surface area contributed by atoms with Gasteiger partial charge in [-0.1, -0.05) is 13.8 Å². The molecule has 1 saturated carbocycles. The van der Waals surface area contributed by atoms with Crippen molar-refractivity contribution in [2.24, 2.45) is 19.5 Å². The molecule has 5 heteroatoms. The van der Waals surface area contributed by atoms with E-state index in [0.29, 0.717) is 23.6 Å². The number of aryl methyl sites for hydroxylation is 1. The molecule has 112 valence electrons. The third kappa shape index (κ3) is 3.20. The number of hydrogen-bond acceptors (Lipinski definition) is 3. The Morgan fingerprint density at radius 2 is 1.85 bits per heavy atom. The maximum Gasteiger partial charge on any atom is 0.330 e. The molecule has 1 heterocycles. The molecule has 0 atom stereocenters. The molecule has 20 heavy (non-hydrogen) atoms. The largest absolute Gasteiger partial charge is 0.330 e. The van der Waals surface area contributed by atoms with Crippen molar-refractivity contribution < 1.29 is 0 Å². The molecule has 1 N–H and O–H groups in total. The van der Waals surface area contributed by atoms with Crippen molar-refractivity contribution in [1.29, 1.82) is 0 Å². The predicted molar refractivity (Wildman–Crippen MR) is 79.8 cm³/mol. The van der Waals surface area contributed by atoms with Crippen LogP contribution in [0.25, 0.3) is 0 Å². The smallest absolute Gasteiger partial charge is 0.310 e. The third-order valence-corrected chi connectivity index (χ3v) is 4.44. The van der Waals surface area contributed by atoms with Crippen molar-refractivity contribution in [2.45, 2.75) is 52.1 Å². The molecule has 0 aromatic carbocycles. The summed E-state index contributed by atoms with van der Waals surface area (Å²) >= 11 is 0. The number of nitrogens with one attached hydrogen (secondary N) is 1. The van der Waals surface area contributed by atoms with Crippen LogP contribution in [0.1, 0.15) is 45.1 Å². The zero-order valence-corrected chi connectivity index (χ0v) is 12.9. The highest BCUT2D eigenvalue weighted by Gasteiger charge is 2.26. The molecule has 0 bridgehead atoms. The standard InChI is InChI=1S/C15H25N3O2/c1-15(2)7-5-12(6-8-15)16-9-11-10-17(3)14(20)18(4)13(11)19/h10,12,16H,5-9H2,1-4H3. The molecule has 0 amide bonds. The lowest BCUT2D eigenvalue weighted by molar-refractivity contribution is 0.206. The number of nitrogens with zero attached hydrogens (tertiary/aromatic N) is 2. The first kappa shape index (κ1) is 15.0. The fourth-order valence-electron chi connectivity index (χ4n) is 2.86. The number of hydrogen-bond donors (Lipinski definition) is 1. The molecular weight excluding hydrogens is 254 g/mol. The summed E-state index contributed by atoms with van der Waals surface area (Å²) in [7, 11) is 3.20. The first-order valence-electron chi connectivity index (χ1n) is 7.29. The molecule has 2 rings (SSSR count). The summed E-state index contributed by atoms with van der Waals surface area (Å²) in [4.78, 5) is 23.7. The molecule has 1 aliphatic carbocycles. The lowest BCUT2D eigenvalue weighted by Crippen LogP contribution is -2.41. The zero-order valence-electron chi connectivity index (χ0n) is 12.9. The summed E-state index contributed by atoms with van der Waals surface area (Å²) in [6.07, 6.45) is 6.38. The van der Waals surface area contributed by atoms with E-state index in [-0.39, 0.29) is 11.2 Å². The molecule has 1 fully saturated rings. The average Bonchev–Trinajstić information content (AvgIpc) is 2.40. The van der Waals surface area contributed by atoms with Crippen LogP contribution in [0.4, 0.5) is 0 Å². The second-order valence-electron chi connectivity index (χ2n) is 6.73. The molecular formula is C15H25N3O2. The van der Waals surface area contributed by atoms with Crippen molar-refractivity contribution in [3.63, 3.8) is 0 Å². The lowest BCUT2D eigenvalue weighted by Gasteiger charge is -2.34. The van der Waals surface area contributed by atoms with E-state index < -0.39 is 0 Å². The third-order valence-electron chi connectivity index (χ3n) is 4.44. The Morgan fingerprint density at radius 3 is 2.45 bits per heavy atom. The van der Waals surface area contributed by atoms with Crippen LogP contribution in [-0.4, -0.2) is 15.2 Å². The van der Waals surface area contributed by atoms with E-state index in [9.17, 15) is 9.59 Å². The highest BCUT2D eigenvalue weighted by atomic mass is 16.2. The van der Waals surface area contributed by atoms with E-state index in [2.05, 4.69) is 19.2 Å². The monoisotopic (exact) mass is 279 g/mol. The van der Waals surface area contributed by atoms with Gasteiger partial charge in [0.2, 0.25) is 0 Å². The normalized spacial score (nSPS) is 19.2. The van der Waals surface area contributed by atoms with Crippen LogP contribution in [-0.2, 0) is 20.6 Å². The van der Waals surface area contributed by atoms with Crippen molar-refractivity contribution in [2.75, 3.05) is 0 Å². The van der Waals surface area contributed by atoms with Crippen LogP contribution in [0.5, 0.6) is 0 Å². The molecule has 0 spiro atoms. The second kappa shape index (κ2) is 5.56. The number of rotatable bonds is 3. The molecule has 0 radical (unpaired) electrons. The van der Waals surface area contributed by atoms with Gasteiger partial charge in [-0.25, -0.2) is 4.79 Å². The first-order chi connectivity index (χ1) is 9.30. The van der Waals surface area contributed by atoms with E-state index in [4.69, 9.17) is 0 Å². The zero-order chi connectivity index (χ0) is 14.9. The van der Waals surface area contributed by atoms with Gasteiger partial charge in [0.15, 0.2) is 0 Å². The van der Waals surface area contributed by atoms with Crippen LogP contribution < -0.4 is 16.6 Å². The van der Waals surface area contributed by atoms with Gasteiger partial charge >= 0.3 is 5.69 Å². The molecule has 1 aliphatic rings. The summed E-state index contributed by atoms with van der Waals surface area (Å²) in [6.45, 7) is 5.16. The quantitative estimate of drug-likeness (QED) is 0.903. The van der Waals surface area contributed by atoms with Gasteiger partial charge in [-0.05, 0) is 31.1 Å². The fraction of sp³-hybridized carbons (Fsp3) is 0.733. The van der Waals surface area contributed by atoms with Crippen LogP contribution >= 0.6 is 0 Å². The highest BCUT2D eigenvalue weighted by Crippen LogP contribution is 2.34. The topological polar surface area (TPSA) is 56.0 Å². The van der Waals surface area contributed by atoms with Crippen molar-refractivity contribution in [3.05, 3.63) is 32.6 Å². The van der Waals surface area contributed by atoms with Crippen molar-refractivity contribution in [3.8, 4) is 0 Å². The Bertz CT molecular complexity index is 588. The van der Waals surface area contributed by atoms with E-state index >= 15 is 0 Å². The molecule has 0 aliphatic heterocycles. The summed E-state index contributed by atoms with van der Waals surface area (Å²) in [5.74, 6) is 0. The minimum atomic E-state index is -0.279. The molecule has 0 unspecified atom stereocenters. The summed E-state index contributed by atoms with van der Waals surface area (Å²) in [5, 5.41) is 3.46. The SMILES string of the molecule is Cn1cc(CNC2CCC(C)(C)CC2)c(=O)n(C)c1=O. The van der Waals surface area contributed by atoms with Gasteiger partial charge in [0.05, 0.1) is 0 Å². The summed E-state index contributed by atoms with van der Waals surface area (Å²) in [6, 6.07) is 0.477. The van der Waals surface area contributed by atoms with Crippen molar-refractivity contribution in [1.82, 2.24) is 14.5 Å². The van der Waals surface area contributed by atoms with Crippen LogP contribution in [0.3, 0.4) is 0 Å². The van der Waals surface area contributed by atoms with Gasteiger partial charge in [0, 0.05) is 38.4 Å². The summed E-state index contributed by atoms with van der Waals surface area (Å²) < 4.78 is 2.63. The fourth-order valence-corrected chi connectivity index (χ4v) is 2.86. The minimum Gasteiger partial charge on any atom is -0.310 e. The van der Waals surface area contributed by atoms with Gasteiger partial charge in [0.25, 0.3) is 5.56 Å². The van der Waals surface area contributed by atoms with Crippen LogP contribution in [0.2, 0.25) is 0 Å². The lowest BCUT2D eigenvalue weighted by atomic mass is 9.75. The van der Waals surface area contributed by atoms with Gasteiger partial charge in [-0.15, -0.1) is 0 Å². The molecule has 1 aromatic rings. The predicted octanol–water partition coefficient (Wildman–Crippen LogP) is 1.14. The van der Waals surface area contributed by atoms with E-state index in [1.54, 1.807) is 13.2 Å². The Kier molecular flexibility index (Phi) is 4.18. The van der Waals surface area contributed by atoms with E-state index in [1.807, 2.05) is 0 Å². The maximum atomic E-state index is 12.0. The van der Waals surface area contributed by atoms with Crippen molar-refractivity contribution >= 4 is 0 Å². The first-order valence-corrected chi connectivity index (χ1v) is 7.29. The number of aromatic nitrogens is 2. The summed E-state index contributed by atoms with van der Waals surface area (Å²) in [5.41, 5.74) is 0.625. The highest BCUT2D eigenvalue weighted by molar-refractivity contribution is 5.05. The van der Waals surface area contributed by atoms with Gasteiger partial charge in [-0.2, -0.15) is 0 Å². The molecule has 0 saturated heterocycles. The van der Waals surface area contributed by atoms with E-state index in [0.717, 1.165) is 12.8 Å². The van der Waals surface area contributed by atoms with E-state index in [1.165, 1.54) is 29.0 Å². The molecule has 1 aromatic heterocycles. The molecule has 5 nitrogen and oxygen atoms in total. The van der Waals surface area contributed by atoms with Gasteiger partial charge < -0.3 is 9.88 Å². The Balaban J connectivity index is 2.02. The van der Waals surface area contributed by atoms with Gasteiger partial charge in [-0.3, -0.25) is 9.36 Å². The second-order valence-corrected chi connectivity index (χ2v) is 6.73. The Labute approximate surface area is 119 Å². The van der Waals surface area contributed by atoms with Crippen LogP contribution in [0.15, 0.2) is 15.8 Å². The van der Waals surface area contributed by atoms with Crippen LogP contribution in [0, 0.1) is 5.41 Å². The average molecular weight is 279 g/mol. The minimum absolute atomic E-state index is 0.197. The Hall–Kier alpha value is -1.36.